The maximum Gasteiger partial charge on any atom is 0.119 e. The molecule has 0 saturated heterocycles. The first-order valence-electron chi connectivity index (χ1n) is 4.77. The molecule has 0 fully saturated rings. The zero-order valence-corrected chi connectivity index (χ0v) is 9.35. The van der Waals surface area contributed by atoms with Gasteiger partial charge in [-0.3, -0.25) is 0 Å². The first kappa shape index (κ1) is 11.4. The number of rotatable bonds is 6. The van der Waals surface area contributed by atoms with Gasteiger partial charge in [0.25, 0.3) is 0 Å². The summed E-state index contributed by atoms with van der Waals surface area (Å²) in [5.74, 6) is 2.09. The summed E-state index contributed by atoms with van der Waals surface area (Å²) in [4.78, 5) is 0. The molecule has 0 saturated carbocycles. The van der Waals surface area contributed by atoms with Crippen molar-refractivity contribution < 1.29 is 4.74 Å². The lowest BCUT2D eigenvalue weighted by atomic mass is 10.2. The van der Waals surface area contributed by atoms with E-state index in [4.69, 9.17) is 10.5 Å². The van der Waals surface area contributed by atoms with Gasteiger partial charge < -0.3 is 10.5 Å². The van der Waals surface area contributed by atoms with Gasteiger partial charge in [0.2, 0.25) is 0 Å². The smallest absolute Gasteiger partial charge is 0.119 e. The summed E-state index contributed by atoms with van der Waals surface area (Å²) >= 11 is 1.85. The first-order valence-corrected chi connectivity index (χ1v) is 6.17. The van der Waals surface area contributed by atoms with Crippen LogP contribution in [0.2, 0.25) is 0 Å². The molecular weight excluding hydrogens is 194 g/mol. The number of ether oxygens (including phenoxy) is 1. The van der Waals surface area contributed by atoms with Crippen LogP contribution in [0.25, 0.3) is 0 Å². The van der Waals surface area contributed by atoms with E-state index >= 15 is 0 Å². The molecule has 0 aliphatic heterocycles. The van der Waals surface area contributed by atoms with E-state index in [1.807, 2.05) is 36.0 Å². The zero-order valence-electron chi connectivity index (χ0n) is 8.53. The minimum atomic E-state index is 0.590. The van der Waals surface area contributed by atoms with Gasteiger partial charge in [-0.1, -0.05) is 12.1 Å². The van der Waals surface area contributed by atoms with E-state index < -0.39 is 0 Å². The molecule has 0 spiro atoms. The van der Waals surface area contributed by atoms with E-state index in [2.05, 4.69) is 6.26 Å². The maximum absolute atomic E-state index is 5.55. The Kier molecular flexibility index (Phi) is 5.49. The second-order valence-electron chi connectivity index (χ2n) is 3.04. The lowest BCUT2D eigenvalue weighted by molar-refractivity contribution is 0.318. The highest BCUT2D eigenvalue weighted by atomic mass is 32.2. The quantitative estimate of drug-likeness (QED) is 0.733. The summed E-state index contributed by atoms with van der Waals surface area (Å²) in [6.07, 6.45) is 3.20. The Morgan fingerprint density at radius 3 is 2.57 bits per heavy atom. The van der Waals surface area contributed by atoms with E-state index in [-0.39, 0.29) is 0 Å². The van der Waals surface area contributed by atoms with Crippen LogP contribution >= 0.6 is 11.8 Å². The second kappa shape index (κ2) is 6.74. The fourth-order valence-corrected chi connectivity index (χ4v) is 1.52. The van der Waals surface area contributed by atoms with E-state index in [1.54, 1.807) is 0 Å². The number of nitrogens with two attached hydrogens (primary N) is 1. The highest BCUT2D eigenvalue weighted by molar-refractivity contribution is 7.98. The Balaban J connectivity index is 2.29. The third kappa shape index (κ3) is 4.03. The topological polar surface area (TPSA) is 35.2 Å². The SMILES string of the molecule is CSCCCOc1ccc(CN)cc1. The van der Waals surface area contributed by atoms with Gasteiger partial charge in [0.15, 0.2) is 0 Å². The summed E-state index contributed by atoms with van der Waals surface area (Å²) in [5, 5.41) is 0. The standard InChI is InChI=1S/C11H17NOS/c1-14-8-2-7-13-11-5-3-10(9-12)4-6-11/h3-6H,2,7-9,12H2,1H3. The highest BCUT2D eigenvalue weighted by Gasteiger charge is 1.93. The van der Waals surface area contributed by atoms with E-state index in [0.717, 1.165) is 30.1 Å². The first-order chi connectivity index (χ1) is 6.86. The molecule has 14 heavy (non-hydrogen) atoms. The van der Waals surface area contributed by atoms with Crippen LogP contribution in [0, 0.1) is 0 Å². The number of thioether (sulfide) groups is 1. The van der Waals surface area contributed by atoms with Gasteiger partial charge in [0, 0.05) is 6.54 Å². The Bertz CT molecular complexity index is 248. The molecule has 1 rings (SSSR count). The molecule has 3 heteroatoms. The van der Waals surface area contributed by atoms with Crippen molar-refractivity contribution in [1.29, 1.82) is 0 Å². The fourth-order valence-electron chi connectivity index (χ4n) is 1.12. The Hall–Kier alpha value is -0.670. The van der Waals surface area contributed by atoms with Crippen LogP contribution in [0.5, 0.6) is 5.75 Å². The highest BCUT2D eigenvalue weighted by Crippen LogP contribution is 2.12. The lowest BCUT2D eigenvalue weighted by Crippen LogP contribution is -1.99. The van der Waals surface area contributed by atoms with Crippen molar-refractivity contribution in [2.24, 2.45) is 5.73 Å². The van der Waals surface area contributed by atoms with Crippen LogP contribution in [0.1, 0.15) is 12.0 Å². The van der Waals surface area contributed by atoms with Gasteiger partial charge >= 0.3 is 0 Å². The van der Waals surface area contributed by atoms with Crippen LogP contribution in [0.15, 0.2) is 24.3 Å². The average molecular weight is 211 g/mol. The molecule has 0 atom stereocenters. The fraction of sp³-hybridized carbons (Fsp3) is 0.455. The summed E-state index contributed by atoms with van der Waals surface area (Å²) in [5.41, 5.74) is 6.64. The minimum Gasteiger partial charge on any atom is -0.494 e. The molecule has 0 aliphatic carbocycles. The number of hydrogen-bond donors (Lipinski definition) is 1. The molecule has 0 amide bonds. The molecule has 0 unspecified atom stereocenters. The lowest BCUT2D eigenvalue weighted by Gasteiger charge is -2.05. The molecule has 2 nitrogen and oxygen atoms in total. The van der Waals surface area contributed by atoms with Gasteiger partial charge in [0.1, 0.15) is 5.75 Å². The third-order valence-electron chi connectivity index (χ3n) is 1.92. The van der Waals surface area contributed by atoms with E-state index in [1.165, 1.54) is 0 Å². The molecule has 0 aliphatic rings. The largest absolute Gasteiger partial charge is 0.494 e. The van der Waals surface area contributed by atoms with Crippen molar-refractivity contribution in [2.45, 2.75) is 13.0 Å². The molecule has 1 aromatic rings. The summed E-state index contributed by atoms with van der Waals surface area (Å²) in [6.45, 7) is 1.38. The van der Waals surface area contributed by atoms with Gasteiger partial charge in [-0.05, 0) is 36.1 Å². The minimum absolute atomic E-state index is 0.590. The van der Waals surface area contributed by atoms with Gasteiger partial charge in [0.05, 0.1) is 6.61 Å². The van der Waals surface area contributed by atoms with E-state index in [0.29, 0.717) is 6.54 Å². The number of benzene rings is 1. The average Bonchev–Trinajstić information content (AvgIpc) is 2.25. The predicted octanol–water partition coefficient (Wildman–Crippen LogP) is 2.28. The monoisotopic (exact) mass is 211 g/mol. The molecule has 0 radical (unpaired) electrons. The van der Waals surface area contributed by atoms with Crippen LogP contribution in [-0.2, 0) is 6.54 Å². The van der Waals surface area contributed by atoms with Gasteiger partial charge in [-0.2, -0.15) is 11.8 Å². The zero-order chi connectivity index (χ0) is 10.2. The maximum atomic E-state index is 5.55. The molecule has 78 valence electrons. The van der Waals surface area contributed by atoms with Crippen LogP contribution in [-0.4, -0.2) is 18.6 Å². The van der Waals surface area contributed by atoms with Gasteiger partial charge in [-0.25, -0.2) is 0 Å². The molecule has 1 aromatic carbocycles. The summed E-state index contributed by atoms with van der Waals surface area (Å²) < 4.78 is 5.55. The second-order valence-corrected chi connectivity index (χ2v) is 4.03. The van der Waals surface area contributed by atoms with Crippen molar-refractivity contribution in [3.05, 3.63) is 29.8 Å². The Morgan fingerprint density at radius 2 is 2.00 bits per heavy atom. The molecule has 0 heterocycles. The normalized spacial score (nSPS) is 10.1. The van der Waals surface area contributed by atoms with E-state index in [9.17, 15) is 0 Å². The van der Waals surface area contributed by atoms with Crippen LogP contribution in [0.4, 0.5) is 0 Å². The predicted molar refractivity (Wildman–Crippen MR) is 62.8 cm³/mol. The molecule has 2 N–H and O–H groups in total. The third-order valence-corrected chi connectivity index (χ3v) is 2.62. The van der Waals surface area contributed by atoms with Crippen molar-refractivity contribution in [2.75, 3.05) is 18.6 Å². The molecular formula is C11H17NOS. The Labute approximate surface area is 89.8 Å². The molecule has 0 bridgehead atoms. The van der Waals surface area contributed by atoms with Gasteiger partial charge in [-0.15, -0.1) is 0 Å². The number of hydrogen-bond acceptors (Lipinski definition) is 3. The van der Waals surface area contributed by atoms with Crippen LogP contribution in [0.3, 0.4) is 0 Å². The summed E-state index contributed by atoms with van der Waals surface area (Å²) in [7, 11) is 0. The van der Waals surface area contributed by atoms with Crippen molar-refractivity contribution >= 4 is 11.8 Å². The van der Waals surface area contributed by atoms with Crippen LogP contribution < -0.4 is 10.5 Å². The van der Waals surface area contributed by atoms with Crippen molar-refractivity contribution in [3.8, 4) is 5.75 Å². The Morgan fingerprint density at radius 1 is 1.29 bits per heavy atom. The van der Waals surface area contributed by atoms with Crippen molar-refractivity contribution in [3.63, 3.8) is 0 Å². The molecule has 0 aromatic heterocycles. The van der Waals surface area contributed by atoms with Crippen molar-refractivity contribution in [1.82, 2.24) is 0 Å². The summed E-state index contributed by atoms with van der Waals surface area (Å²) in [6, 6.07) is 7.95.